The largest absolute Gasteiger partial charge is 0.354 e. The third-order valence-electron chi connectivity index (χ3n) is 5.58. The second kappa shape index (κ2) is 8.80. The molecule has 156 valence electrons. The summed E-state index contributed by atoms with van der Waals surface area (Å²) in [5.74, 6) is -0.498. The average Bonchev–Trinajstić information content (AvgIpc) is 2.96. The SMILES string of the molecule is Cc1cc(C(=O)NC2CCCC(C(=O)NC(C)C)C2)c(C)n1-c1ccccc1F. The molecule has 0 radical (unpaired) electrons. The van der Waals surface area contributed by atoms with Gasteiger partial charge in [-0.1, -0.05) is 18.6 Å². The smallest absolute Gasteiger partial charge is 0.253 e. The van der Waals surface area contributed by atoms with Gasteiger partial charge in [-0.2, -0.15) is 0 Å². The second-order valence-electron chi connectivity index (χ2n) is 8.27. The summed E-state index contributed by atoms with van der Waals surface area (Å²) in [6.07, 6.45) is 3.28. The number of carbonyl (C=O) groups is 2. The van der Waals surface area contributed by atoms with E-state index in [0.29, 0.717) is 23.4 Å². The van der Waals surface area contributed by atoms with Crippen LogP contribution in [0, 0.1) is 25.6 Å². The minimum absolute atomic E-state index is 0.0318. The van der Waals surface area contributed by atoms with Gasteiger partial charge < -0.3 is 15.2 Å². The van der Waals surface area contributed by atoms with Gasteiger partial charge in [-0.15, -0.1) is 0 Å². The van der Waals surface area contributed by atoms with Crippen LogP contribution in [0.5, 0.6) is 0 Å². The second-order valence-corrected chi connectivity index (χ2v) is 8.27. The highest BCUT2D eigenvalue weighted by Crippen LogP contribution is 2.26. The van der Waals surface area contributed by atoms with Crippen LogP contribution in [0.3, 0.4) is 0 Å². The maximum atomic E-state index is 14.3. The van der Waals surface area contributed by atoms with Gasteiger partial charge >= 0.3 is 0 Å². The van der Waals surface area contributed by atoms with Crippen molar-refractivity contribution in [3.63, 3.8) is 0 Å². The van der Waals surface area contributed by atoms with Crippen molar-refractivity contribution in [1.29, 1.82) is 0 Å². The molecule has 2 amide bonds. The Bertz CT molecular complexity index is 904. The fraction of sp³-hybridized carbons (Fsp3) is 0.478. The normalized spacial score (nSPS) is 19.2. The summed E-state index contributed by atoms with van der Waals surface area (Å²) in [6.45, 7) is 7.59. The molecule has 0 spiro atoms. The van der Waals surface area contributed by atoms with Gasteiger partial charge in [0.2, 0.25) is 5.91 Å². The summed E-state index contributed by atoms with van der Waals surface area (Å²) in [5, 5.41) is 6.07. The summed E-state index contributed by atoms with van der Waals surface area (Å²) >= 11 is 0. The number of rotatable bonds is 5. The fourth-order valence-corrected chi connectivity index (χ4v) is 4.22. The van der Waals surface area contributed by atoms with Crippen molar-refractivity contribution in [2.24, 2.45) is 5.92 Å². The lowest BCUT2D eigenvalue weighted by atomic mass is 9.85. The van der Waals surface area contributed by atoms with E-state index in [1.165, 1.54) is 6.07 Å². The predicted octanol–water partition coefficient (Wildman–Crippen LogP) is 4.05. The van der Waals surface area contributed by atoms with Gasteiger partial charge in [-0.3, -0.25) is 9.59 Å². The lowest BCUT2D eigenvalue weighted by molar-refractivity contribution is -0.126. The van der Waals surface area contributed by atoms with Crippen molar-refractivity contribution >= 4 is 11.8 Å². The lowest BCUT2D eigenvalue weighted by Gasteiger charge is -2.29. The van der Waals surface area contributed by atoms with Gasteiger partial charge in [0.1, 0.15) is 5.82 Å². The van der Waals surface area contributed by atoms with Gasteiger partial charge in [0, 0.05) is 29.4 Å². The zero-order valence-corrected chi connectivity index (χ0v) is 17.6. The zero-order chi connectivity index (χ0) is 21.1. The quantitative estimate of drug-likeness (QED) is 0.797. The van der Waals surface area contributed by atoms with Gasteiger partial charge in [-0.25, -0.2) is 4.39 Å². The van der Waals surface area contributed by atoms with Crippen molar-refractivity contribution in [1.82, 2.24) is 15.2 Å². The lowest BCUT2D eigenvalue weighted by Crippen LogP contribution is -2.43. The van der Waals surface area contributed by atoms with E-state index in [-0.39, 0.29) is 35.6 Å². The molecule has 1 aromatic carbocycles. The van der Waals surface area contributed by atoms with Crippen LogP contribution < -0.4 is 10.6 Å². The number of nitrogens with zero attached hydrogens (tertiary/aromatic N) is 1. The molecule has 2 aromatic rings. The molecule has 1 aromatic heterocycles. The summed E-state index contributed by atoms with van der Waals surface area (Å²) in [6, 6.07) is 8.42. The number of amides is 2. The van der Waals surface area contributed by atoms with Crippen LogP contribution in [-0.2, 0) is 4.79 Å². The number of aryl methyl sites for hydroxylation is 1. The molecule has 1 saturated carbocycles. The number of benzene rings is 1. The molecule has 2 atom stereocenters. The number of para-hydroxylation sites is 1. The van der Waals surface area contributed by atoms with Crippen LogP contribution in [-0.4, -0.2) is 28.5 Å². The van der Waals surface area contributed by atoms with Gasteiger partial charge in [-0.05, 0) is 65.2 Å². The van der Waals surface area contributed by atoms with E-state index in [2.05, 4.69) is 10.6 Å². The molecule has 1 fully saturated rings. The highest BCUT2D eigenvalue weighted by Gasteiger charge is 2.29. The van der Waals surface area contributed by atoms with Crippen LogP contribution in [0.15, 0.2) is 30.3 Å². The molecular weight excluding hydrogens is 369 g/mol. The van der Waals surface area contributed by atoms with E-state index >= 15 is 0 Å². The molecule has 1 aliphatic rings. The Balaban J connectivity index is 1.74. The highest BCUT2D eigenvalue weighted by atomic mass is 19.1. The summed E-state index contributed by atoms with van der Waals surface area (Å²) in [7, 11) is 0. The Morgan fingerprint density at radius 1 is 1.17 bits per heavy atom. The number of hydrogen-bond donors (Lipinski definition) is 2. The molecule has 2 unspecified atom stereocenters. The molecule has 29 heavy (non-hydrogen) atoms. The van der Waals surface area contributed by atoms with Crippen LogP contribution >= 0.6 is 0 Å². The Kier molecular flexibility index (Phi) is 6.40. The van der Waals surface area contributed by atoms with Crippen molar-refractivity contribution in [2.75, 3.05) is 0 Å². The number of nitrogens with one attached hydrogen (secondary N) is 2. The standard InChI is InChI=1S/C23H30FN3O2/c1-14(2)25-22(28)17-8-7-9-18(13-17)26-23(29)19-12-15(3)27(16(19)4)21-11-6-5-10-20(21)24/h5-6,10-12,14,17-18H,7-9,13H2,1-4H3,(H,25,28)(H,26,29). The predicted molar refractivity (Wildman–Crippen MR) is 112 cm³/mol. The van der Waals surface area contributed by atoms with Gasteiger partial charge in [0.15, 0.2) is 0 Å². The minimum Gasteiger partial charge on any atom is -0.354 e. The fourth-order valence-electron chi connectivity index (χ4n) is 4.22. The summed E-state index contributed by atoms with van der Waals surface area (Å²) in [4.78, 5) is 25.3. The van der Waals surface area contributed by atoms with Crippen LogP contribution in [0.1, 0.15) is 61.3 Å². The molecule has 3 rings (SSSR count). The minimum atomic E-state index is -0.326. The van der Waals surface area contributed by atoms with Crippen LogP contribution in [0.25, 0.3) is 5.69 Å². The Morgan fingerprint density at radius 3 is 2.59 bits per heavy atom. The molecule has 5 nitrogen and oxygen atoms in total. The van der Waals surface area contributed by atoms with Crippen molar-refractivity contribution in [2.45, 2.75) is 65.5 Å². The average molecular weight is 400 g/mol. The first-order valence-corrected chi connectivity index (χ1v) is 10.3. The third-order valence-corrected chi connectivity index (χ3v) is 5.58. The Morgan fingerprint density at radius 2 is 1.90 bits per heavy atom. The van der Waals surface area contributed by atoms with Crippen LogP contribution in [0.4, 0.5) is 4.39 Å². The summed E-state index contributed by atoms with van der Waals surface area (Å²) < 4.78 is 16.0. The third kappa shape index (κ3) is 4.69. The van der Waals surface area contributed by atoms with E-state index in [1.807, 2.05) is 27.7 Å². The number of halogens is 1. The Hall–Kier alpha value is -2.63. The van der Waals surface area contributed by atoms with E-state index in [9.17, 15) is 14.0 Å². The molecular formula is C23H30FN3O2. The van der Waals surface area contributed by atoms with E-state index in [1.54, 1.807) is 28.8 Å². The highest BCUT2D eigenvalue weighted by molar-refractivity contribution is 5.96. The first-order chi connectivity index (χ1) is 13.8. The molecule has 1 aliphatic carbocycles. The summed E-state index contributed by atoms with van der Waals surface area (Å²) in [5.41, 5.74) is 2.48. The maximum absolute atomic E-state index is 14.3. The molecule has 6 heteroatoms. The monoisotopic (exact) mass is 399 g/mol. The number of aromatic nitrogens is 1. The van der Waals surface area contributed by atoms with E-state index in [0.717, 1.165) is 25.0 Å². The molecule has 0 aliphatic heterocycles. The molecule has 0 bridgehead atoms. The van der Waals surface area contributed by atoms with Gasteiger partial charge in [0.25, 0.3) is 5.91 Å². The van der Waals surface area contributed by atoms with Crippen molar-refractivity contribution in [3.8, 4) is 5.69 Å². The molecule has 1 heterocycles. The first-order valence-electron chi connectivity index (χ1n) is 10.3. The first kappa shape index (κ1) is 21.1. The Labute approximate surface area is 171 Å². The zero-order valence-electron chi connectivity index (χ0n) is 17.6. The van der Waals surface area contributed by atoms with Gasteiger partial charge in [0.05, 0.1) is 11.3 Å². The molecule has 0 saturated heterocycles. The molecule has 2 N–H and O–H groups in total. The van der Waals surface area contributed by atoms with E-state index < -0.39 is 0 Å². The number of carbonyl (C=O) groups excluding carboxylic acids is 2. The van der Waals surface area contributed by atoms with Crippen molar-refractivity contribution < 1.29 is 14.0 Å². The maximum Gasteiger partial charge on any atom is 0.253 e. The van der Waals surface area contributed by atoms with Crippen LogP contribution in [0.2, 0.25) is 0 Å². The number of hydrogen-bond acceptors (Lipinski definition) is 2. The topological polar surface area (TPSA) is 63.1 Å². The van der Waals surface area contributed by atoms with Crippen molar-refractivity contribution in [3.05, 3.63) is 53.1 Å². The van der Waals surface area contributed by atoms with E-state index in [4.69, 9.17) is 0 Å².